The predicted octanol–water partition coefficient (Wildman–Crippen LogP) is 5.41. The maximum atomic E-state index is 12.9. The van der Waals surface area contributed by atoms with Crippen molar-refractivity contribution in [1.82, 2.24) is 4.57 Å². The van der Waals surface area contributed by atoms with E-state index in [1.165, 1.54) is 18.3 Å². The van der Waals surface area contributed by atoms with Crippen LogP contribution in [0, 0.1) is 0 Å². The van der Waals surface area contributed by atoms with Crippen LogP contribution in [0.4, 0.5) is 0 Å². The van der Waals surface area contributed by atoms with E-state index < -0.39 is 5.97 Å². The van der Waals surface area contributed by atoms with Gasteiger partial charge in [0.2, 0.25) is 5.78 Å². The monoisotopic (exact) mass is 448 g/mol. The molecule has 0 aliphatic rings. The van der Waals surface area contributed by atoms with Crippen LogP contribution in [0.1, 0.15) is 41.6 Å². The number of ether oxygens (including phenoxy) is 1. The molecule has 0 spiro atoms. The highest BCUT2D eigenvalue weighted by Gasteiger charge is 2.16. The highest BCUT2D eigenvalue weighted by Crippen LogP contribution is 2.32. The number of aromatic nitrogens is 1. The van der Waals surface area contributed by atoms with Crippen molar-refractivity contribution >= 4 is 50.6 Å². The van der Waals surface area contributed by atoms with Gasteiger partial charge in [-0.15, -0.1) is 11.3 Å². The minimum absolute atomic E-state index is 0.0147. The molecule has 0 saturated carbocycles. The standard InChI is InChI=1S/C25H24N2O4S/c1-4-30-12-11-27-22-9-7-18(16(2)26-31-17(3)28)14-20(22)21-15-19(8-10-23(21)27)25(29)24-6-5-13-32-24/h5-10,13-15H,4,11-12H2,1-3H3. The molecule has 0 fully saturated rings. The maximum Gasteiger partial charge on any atom is 0.331 e. The van der Waals surface area contributed by atoms with Gasteiger partial charge in [0.05, 0.1) is 17.2 Å². The van der Waals surface area contributed by atoms with Gasteiger partial charge < -0.3 is 14.1 Å². The minimum atomic E-state index is -0.463. The summed E-state index contributed by atoms with van der Waals surface area (Å²) in [5.74, 6) is -0.449. The van der Waals surface area contributed by atoms with E-state index in [0.29, 0.717) is 31.0 Å². The molecule has 0 aliphatic heterocycles. The van der Waals surface area contributed by atoms with Crippen LogP contribution in [-0.4, -0.2) is 35.2 Å². The summed E-state index contributed by atoms with van der Waals surface area (Å²) < 4.78 is 7.80. The molecule has 4 aromatic rings. The molecule has 7 heteroatoms. The van der Waals surface area contributed by atoms with Crippen molar-refractivity contribution in [3.05, 3.63) is 69.9 Å². The number of hydrogen-bond donors (Lipinski definition) is 0. The summed E-state index contributed by atoms with van der Waals surface area (Å²) in [4.78, 5) is 29.6. The molecule has 2 aromatic carbocycles. The summed E-state index contributed by atoms with van der Waals surface area (Å²) in [6.45, 7) is 7.05. The molecule has 2 heterocycles. The average molecular weight is 449 g/mol. The Morgan fingerprint density at radius 2 is 1.69 bits per heavy atom. The van der Waals surface area contributed by atoms with E-state index in [-0.39, 0.29) is 5.78 Å². The van der Waals surface area contributed by atoms with E-state index in [2.05, 4.69) is 9.72 Å². The zero-order chi connectivity index (χ0) is 22.7. The summed E-state index contributed by atoms with van der Waals surface area (Å²) in [5, 5.41) is 7.81. The molecule has 4 rings (SSSR count). The first-order chi connectivity index (χ1) is 15.5. The third-order valence-corrected chi connectivity index (χ3v) is 6.13. The molecule has 0 unspecified atom stereocenters. The number of carbonyl (C=O) groups excluding carboxylic acids is 2. The van der Waals surface area contributed by atoms with Crippen LogP contribution in [-0.2, 0) is 20.9 Å². The fourth-order valence-corrected chi connectivity index (χ4v) is 4.43. The molecular formula is C25H24N2O4S. The Hall–Kier alpha value is -3.29. The van der Waals surface area contributed by atoms with Crippen LogP contribution in [0.3, 0.4) is 0 Å². The summed E-state index contributed by atoms with van der Waals surface area (Å²) in [7, 11) is 0. The van der Waals surface area contributed by atoms with Crippen molar-refractivity contribution in [3.8, 4) is 0 Å². The lowest BCUT2D eigenvalue weighted by atomic mass is 10.0. The lowest BCUT2D eigenvalue weighted by Gasteiger charge is -2.08. The molecule has 164 valence electrons. The van der Waals surface area contributed by atoms with Gasteiger partial charge in [0, 0.05) is 47.4 Å². The van der Waals surface area contributed by atoms with E-state index in [1.807, 2.05) is 60.8 Å². The lowest BCUT2D eigenvalue weighted by molar-refractivity contribution is -0.140. The summed E-state index contributed by atoms with van der Waals surface area (Å²) in [6, 6.07) is 15.6. The summed E-state index contributed by atoms with van der Waals surface area (Å²) >= 11 is 1.44. The maximum absolute atomic E-state index is 12.9. The minimum Gasteiger partial charge on any atom is -0.380 e. The van der Waals surface area contributed by atoms with Crippen LogP contribution in [0.5, 0.6) is 0 Å². The fourth-order valence-electron chi connectivity index (χ4n) is 3.75. The number of carbonyl (C=O) groups is 2. The number of ketones is 1. The quantitative estimate of drug-likeness (QED) is 0.119. The first-order valence-corrected chi connectivity index (χ1v) is 11.3. The van der Waals surface area contributed by atoms with Gasteiger partial charge in [-0.25, -0.2) is 4.79 Å². The van der Waals surface area contributed by atoms with Crippen molar-refractivity contribution in [1.29, 1.82) is 0 Å². The molecule has 2 aromatic heterocycles. The van der Waals surface area contributed by atoms with Gasteiger partial charge in [-0.2, -0.15) is 0 Å². The topological polar surface area (TPSA) is 69.9 Å². The second kappa shape index (κ2) is 9.46. The highest BCUT2D eigenvalue weighted by atomic mass is 32.1. The zero-order valence-electron chi connectivity index (χ0n) is 18.3. The van der Waals surface area contributed by atoms with Crippen molar-refractivity contribution in [2.75, 3.05) is 13.2 Å². The Morgan fingerprint density at radius 1 is 1.00 bits per heavy atom. The summed E-state index contributed by atoms with van der Waals surface area (Å²) in [5.41, 5.74) is 4.18. The smallest absolute Gasteiger partial charge is 0.331 e. The normalized spacial score (nSPS) is 11.9. The van der Waals surface area contributed by atoms with Crippen LogP contribution in [0.25, 0.3) is 21.8 Å². The Labute approximate surface area is 190 Å². The molecule has 0 aliphatic carbocycles. The molecular weight excluding hydrogens is 424 g/mol. The predicted molar refractivity (Wildman–Crippen MR) is 128 cm³/mol. The van der Waals surface area contributed by atoms with Crippen LogP contribution in [0.15, 0.2) is 59.1 Å². The average Bonchev–Trinajstić information content (AvgIpc) is 3.44. The largest absolute Gasteiger partial charge is 0.380 e. The number of oxime groups is 1. The van der Waals surface area contributed by atoms with E-state index >= 15 is 0 Å². The van der Waals surface area contributed by atoms with Gasteiger partial charge in [0.1, 0.15) is 0 Å². The number of benzene rings is 2. The number of fused-ring (bicyclic) bond motifs is 3. The second-order valence-corrected chi connectivity index (χ2v) is 8.33. The molecule has 32 heavy (non-hydrogen) atoms. The van der Waals surface area contributed by atoms with Gasteiger partial charge in [-0.1, -0.05) is 17.3 Å². The highest BCUT2D eigenvalue weighted by molar-refractivity contribution is 7.12. The van der Waals surface area contributed by atoms with Crippen LogP contribution in [0.2, 0.25) is 0 Å². The lowest BCUT2D eigenvalue weighted by Crippen LogP contribution is -2.06. The van der Waals surface area contributed by atoms with Crippen LogP contribution < -0.4 is 0 Å². The van der Waals surface area contributed by atoms with E-state index in [9.17, 15) is 9.59 Å². The third-order valence-electron chi connectivity index (χ3n) is 5.26. The molecule has 0 bridgehead atoms. The molecule has 0 saturated heterocycles. The van der Waals surface area contributed by atoms with E-state index in [1.54, 1.807) is 6.92 Å². The van der Waals surface area contributed by atoms with E-state index in [4.69, 9.17) is 9.57 Å². The fraction of sp³-hybridized carbons (Fsp3) is 0.240. The summed E-state index contributed by atoms with van der Waals surface area (Å²) in [6.07, 6.45) is 0. The van der Waals surface area contributed by atoms with Crippen molar-refractivity contribution in [2.45, 2.75) is 27.3 Å². The number of hydrogen-bond acceptors (Lipinski definition) is 6. The zero-order valence-corrected chi connectivity index (χ0v) is 19.1. The second-order valence-electron chi connectivity index (χ2n) is 7.38. The van der Waals surface area contributed by atoms with Gasteiger partial charge in [-0.3, -0.25) is 4.79 Å². The van der Waals surface area contributed by atoms with Crippen molar-refractivity contribution < 1.29 is 19.2 Å². The first kappa shape index (κ1) is 21.9. The number of thiophene rings is 1. The number of rotatable bonds is 8. The van der Waals surface area contributed by atoms with Crippen molar-refractivity contribution in [2.24, 2.45) is 5.16 Å². The van der Waals surface area contributed by atoms with Gasteiger partial charge in [0.25, 0.3) is 0 Å². The van der Waals surface area contributed by atoms with Crippen molar-refractivity contribution in [3.63, 3.8) is 0 Å². The molecule has 6 nitrogen and oxygen atoms in total. The molecule has 0 amide bonds. The van der Waals surface area contributed by atoms with Crippen LogP contribution >= 0.6 is 11.3 Å². The van der Waals surface area contributed by atoms with Gasteiger partial charge >= 0.3 is 5.97 Å². The molecule has 0 radical (unpaired) electrons. The number of nitrogens with zero attached hydrogens (tertiary/aromatic N) is 2. The Bertz CT molecular complexity index is 1320. The van der Waals surface area contributed by atoms with Gasteiger partial charge in [0.15, 0.2) is 0 Å². The molecule has 0 atom stereocenters. The Morgan fingerprint density at radius 3 is 2.31 bits per heavy atom. The first-order valence-electron chi connectivity index (χ1n) is 10.4. The SMILES string of the molecule is CCOCCn1c2ccc(C(=O)c3cccs3)cc2c2cc(C(C)=NOC(C)=O)ccc21. The Balaban J connectivity index is 1.86. The molecule has 0 N–H and O–H groups in total. The Kier molecular flexibility index (Phi) is 6.48. The van der Waals surface area contributed by atoms with Gasteiger partial charge in [-0.05, 0) is 61.2 Å². The third kappa shape index (κ3) is 4.35. The van der Waals surface area contributed by atoms with E-state index in [0.717, 1.165) is 32.2 Å².